The predicted molar refractivity (Wildman–Crippen MR) is 70.5 cm³/mol. The summed E-state index contributed by atoms with van der Waals surface area (Å²) in [7, 11) is -3.14. The molecule has 0 aromatic heterocycles. The number of carbonyl (C=O) groups excluding carboxylic acids is 1. The van der Waals surface area contributed by atoms with Crippen LogP contribution in [0.2, 0.25) is 0 Å². The van der Waals surface area contributed by atoms with Crippen molar-refractivity contribution in [3.63, 3.8) is 0 Å². The van der Waals surface area contributed by atoms with E-state index in [1.54, 1.807) is 6.92 Å². The Morgan fingerprint density at radius 1 is 1.44 bits per heavy atom. The number of nitrogens with zero attached hydrogens (tertiary/aromatic N) is 1. The van der Waals surface area contributed by atoms with Gasteiger partial charge in [-0.3, -0.25) is 4.79 Å². The molecule has 7 heteroatoms. The zero-order chi connectivity index (χ0) is 13.8. The van der Waals surface area contributed by atoms with Gasteiger partial charge in [0.15, 0.2) is 0 Å². The van der Waals surface area contributed by atoms with Crippen molar-refractivity contribution in [2.45, 2.75) is 38.1 Å². The van der Waals surface area contributed by atoms with Crippen molar-refractivity contribution in [1.29, 1.82) is 0 Å². The average Bonchev–Trinajstić information content (AvgIpc) is 2.23. The number of hydrogen-bond donors (Lipinski definition) is 2. The summed E-state index contributed by atoms with van der Waals surface area (Å²) in [6.45, 7) is 3.13. The van der Waals surface area contributed by atoms with Crippen LogP contribution in [0.5, 0.6) is 0 Å². The van der Waals surface area contributed by atoms with E-state index in [0.29, 0.717) is 26.1 Å². The maximum absolute atomic E-state index is 11.7. The minimum absolute atomic E-state index is 0.115. The Balaban J connectivity index is 2.24. The van der Waals surface area contributed by atoms with E-state index in [2.05, 4.69) is 5.32 Å². The maximum Gasteiger partial charge on any atom is 0.240 e. The summed E-state index contributed by atoms with van der Waals surface area (Å²) in [5.74, 6) is -0.115. The van der Waals surface area contributed by atoms with Crippen molar-refractivity contribution in [3.05, 3.63) is 0 Å². The van der Waals surface area contributed by atoms with Crippen LogP contribution in [0.15, 0.2) is 0 Å². The molecule has 6 nitrogen and oxygen atoms in total. The first kappa shape index (κ1) is 15.4. The zero-order valence-corrected chi connectivity index (χ0v) is 11.9. The van der Waals surface area contributed by atoms with Gasteiger partial charge in [0.1, 0.15) is 0 Å². The first-order chi connectivity index (χ1) is 8.29. The van der Waals surface area contributed by atoms with Crippen LogP contribution < -0.4 is 11.1 Å². The molecule has 1 fully saturated rings. The normalized spacial score (nSPS) is 18.4. The van der Waals surface area contributed by atoms with E-state index >= 15 is 0 Å². The summed E-state index contributed by atoms with van der Waals surface area (Å²) >= 11 is 0. The van der Waals surface area contributed by atoms with Gasteiger partial charge in [0.2, 0.25) is 15.9 Å². The molecule has 0 atom stereocenters. The number of sulfonamides is 1. The van der Waals surface area contributed by atoms with Gasteiger partial charge in [-0.2, -0.15) is 0 Å². The fourth-order valence-corrected chi connectivity index (χ4v) is 2.91. The van der Waals surface area contributed by atoms with Crippen LogP contribution in [0.25, 0.3) is 0 Å². The van der Waals surface area contributed by atoms with Crippen LogP contribution in [-0.2, 0) is 14.8 Å². The molecule has 0 aromatic carbocycles. The number of nitrogens with one attached hydrogen (secondary N) is 1. The molecule has 0 saturated heterocycles. The fraction of sp³-hybridized carbons (Fsp3) is 0.909. The van der Waals surface area contributed by atoms with E-state index in [1.807, 2.05) is 0 Å². The summed E-state index contributed by atoms with van der Waals surface area (Å²) in [6.07, 6.45) is 4.27. The van der Waals surface area contributed by atoms with Crippen molar-refractivity contribution >= 4 is 15.9 Å². The molecule has 0 bridgehead atoms. The Kier molecular flexibility index (Phi) is 5.12. The van der Waals surface area contributed by atoms with Crippen molar-refractivity contribution in [1.82, 2.24) is 9.62 Å². The van der Waals surface area contributed by atoms with Gasteiger partial charge in [0, 0.05) is 19.6 Å². The molecule has 3 N–H and O–H groups in total. The molecule has 0 heterocycles. The van der Waals surface area contributed by atoms with Crippen molar-refractivity contribution in [2.75, 3.05) is 25.9 Å². The van der Waals surface area contributed by atoms with Gasteiger partial charge in [-0.15, -0.1) is 0 Å². The standard InChI is InChI=1S/C11H23N3O3S/c1-3-14(18(2,16)17)9-5-8-13-10(15)11(12)6-4-7-11/h3-9,12H2,1-2H3,(H,13,15). The summed E-state index contributed by atoms with van der Waals surface area (Å²) in [4.78, 5) is 11.7. The monoisotopic (exact) mass is 277 g/mol. The van der Waals surface area contributed by atoms with E-state index in [-0.39, 0.29) is 5.91 Å². The number of rotatable bonds is 7. The van der Waals surface area contributed by atoms with Crippen LogP contribution >= 0.6 is 0 Å². The summed E-state index contributed by atoms with van der Waals surface area (Å²) in [6, 6.07) is 0. The fourth-order valence-electron chi connectivity index (χ4n) is 1.98. The molecule has 1 saturated carbocycles. The van der Waals surface area contributed by atoms with E-state index in [9.17, 15) is 13.2 Å². The Labute approximate surface area is 109 Å². The molecule has 0 spiro atoms. The molecule has 0 radical (unpaired) electrons. The molecular weight excluding hydrogens is 254 g/mol. The Hall–Kier alpha value is -0.660. The van der Waals surface area contributed by atoms with Crippen molar-refractivity contribution < 1.29 is 13.2 Å². The Bertz CT molecular complexity index is 390. The highest BCUT2D eigenvalue weighted by Crippen LogP contribution is 2.28. The first-order valence-electron chi connectivity index (χ1n) is 6.32. The molecule has 0 unspecified atom stereocenters. The second kappa shape index (κ2) is 5.99. The van der Waals surface area contributed by atoms with Gasteiger partial charge >= 0.3 is 0 Å². The lowest BCUT2D eigenvalue weighted by atomic mass is 9.77. The smallest absolute Gasteiger partial charge is 0.240 e. The van der Waals surface area contributed by atoms with Crippen LogP contribution in [0.3, 0.4) is 0 Å². The molecule has 18 heavy (non-hydrogen) atoms. The topological polar surface area (TPSA) is 92.5 Å². The van der Waals surface area contributed by atoms with Gasteiger partial charge in [-0.05, 0) is 25.7 Å². The zero-order valence-electron chi connectivity index (χ0n) is 11.1. The van der Waals surface area contributed by atoms with Gasteiger partial charge in [0.05, 0.1) is 11.8 Å². The van der Waals surface area contributed by atoms with E-state index in [0.717, 1.165) is 19.3 Å². The third kappa shape index (κ3) is 3.93. The van der Waals surface area contributed by atoms with E-state index in [4.69, 9.17) is 5.73 Å². The van der Waals surface area contributed by atoms with Gasteiger partial charge in [0.25, 0.3) is 0 Å². The average molecular weight is 277 g/mol. The van der Waals surface area contributed by atoms with Crippen LogP contribution in [0.4, 0.5) is 0 Å². The number of amides is 1. The highest BCUT2D eigenvalue weighted by Gasteiger charge is 2.39. The van der Waals surface area contributed by atoms with Crippen LogP contribution in [0.1, 0.15) is 32.6 Å². The molecule has 0 aromatic rings. The molecule has 1 amide bonds. The second-order valence-corrected chi connectivity index (χ2v) is 6.86. The van der Waals surface area contributed by atoms with Gasteiger partial charge in [-0.1, -0.05) is 6.92 Å². The third-order valence-electron chi connectivity index (χ3n) is 3.39. The summed E-state index contributed by atoms with van der Waals surface area (Å²) < 4.78 is 24.0. The largest absolute Gasteiger partial charge is 0.354 e. The number of carbonyl (C=O) groups is 1. The van der Waals surface area contributed by atoms with E-state index in [1.165, 1.54) is 10.6 Å². The Morgan fingerprint density at radius 3 is 2.44 bits per heavy atom. The molecular formula is C11H23N3O3S. The molecule has 106 valence electrons. The second-order valence-electron chi connectivity index (χ2n) is 4.87. The van der Waals surface area contributed by atoms with Crippen molar-refractivity contribution in [3.8, 4) is 0 Å². The minimum atomic E-state index is -3.14. The molecule has 1 aliphatic carbocycles. The quantitative estimate of drug-likeness (QED) is 0.622. The SMILES string of the molecule is CCN(CCCNC(=O)C1(N)CCC1)S(C)(=O)=O. The van der Waals surface area contributed by atoms with Crippen LogP contribution in [-0.4, -0.2) is 50.1 Å². The lowest BCUT2D eigenvalue weighted by Gasteiger charge is -2.36. The molecule has 0 aliphatic heterocycles. The van der Waals surface area contributed by atoms with E-state index < -0.39 is 15.6 Å². The van der Waals surface area contributed by atoms with Crippen LogP contribution in [0, 0.1) is 0 Å². The number of hydrogen-bond acceptors (Lipinski definition) is 4. The third-order valence-corrected chi connectivity index (χ3v) is 4.77. The highest BCUT2D eigenvalue weighted by atomic mass is 32.2. The molecule has 1 rings (SSSR count). The van der Waals surface area contributed by atoms with Gasteiger partial charge < -0.3 is 11.1 Å². The van der Waals surface area contributed by atoms with Crippen molar-refractivity contribution in [2.24, 2.45) is 5.73 Å². The van der Waals surface area contributed by atoms with Gasteiger partial charge in [-0.25, -0.2) is 12.7 Å². The molecule has 1 aliphatic rings. The first-order valence-corrected chi connectivity index (χ1v) is 8.17. The summed E-state index contributed by atoms with van der Waals surface area (Å²) in [5.41, 5.74) is 5.19. The number of nitrogens with two attached hydrogens (primary N) is 1. The maximum atomic E-state index is 11.7. The summed E-state index contributed by atoms with van der Waals surface area (Å²) in [5, 5.41) is 2.77. The predicted octanol–water partition coefficient (Wildman–Crippen LogP) is -0.344. The Morgan fingerprint density at radius 2 is 2.06 bits per heavy atom. The lowest BCUT2D eigenvalue weighted by molar-refractivity contribution is -0.129. The lowest BCUT2D eigenvalue weighted by Crippen LogP contribution is -2.58. The minimum Gasteiger partial charge on any atom is -0.354 e. The highest BCUT2D eigenvalue weighted by molar-refractivity contribution is 7.88.